The Morgan fingerprint density at radius 3 is 2.57 bits per heavy atom. The number of ketones is 1. The molecular weight excluding hydrogens is 428 g/mol. The minimum atomic E-state index is -3.84. The average molecular weight is 449 g/mol. The van der Waals surface area contributed by atoms with Crippen LogP contribution in [0.3, 0.4) is 0 Å². The summed E-state index contributed by atoms with van der Waals surface area (Å²) in [5, 5.41) is 0.753. The number of aryl methyl sites for hydroxylation is 1. The van der Waals surface area contributed by atoms with Gasteiger partial charge in [0, 0.05) is 36.8 Å². The standard InChI is InChI=1S/C21H21ClN2O5S/c1-4-13-6-5-7-15-16(11-23-20(13)15)18(25)12-29-21(26)14-8-9-17(22)19(10-14)30(27,28)24(2)3/h5-11,23H,4,12H2,1-3H3. The molecule has 1 aromatic heterocycles. The number of nitrogens with zero attached hydrogens (tertiary/aromatic N) is 1. The second kappa shape index (κ2) is 8.59. The maximum atomic E-state index is 12.6. The van der Waals surface area contributed by atoms with Gasteiger partial charge in [-0.1, -0.05) is 36.7 Å². The molecule has 0 unspecified atom stereocenters. The van der Waals surface area contributed by atoms with Crippen molar-refractivity contribution in [1.29, 1.82) is 0 Å². The zero-order valence-corrected chi connectivity index (χ0v) is 18.3. The van der Waals surface area contributed by atoms with Crippen LogP contribution in [0.1, 0.15) is 33.2 Å². The van der Waals surface area contributed by atoms with E-state index in [-0.39, 0.29) is 21.3 Å². The van der Waals surface area contributed by atoms with Crippen LogP contribution in [0.15, 0.2) is 47.5 Å². The van der Waals surface area contributed by atoms with Gasteiger partial charge < -0.3 is 9.72 Å². The summed E-state index contributed by atoms with van der Waals surface area (Å²) < 4.78 is 30.8. The van der Waals surface area contributed by atoms with Crippen LogP contribution in [0.25, 0.3) is 10.9 Å². The third-order valence-electron chi connectivity index (χ3n) is 4.74. The molecule has 0 aliphatic heterocycles. The van der Waals surface area contributed by atoms with E-state index in [1.54, 1.807) is 6.20 Å². The van der Waals surface area contributed by atoms with Gasteiger partial charge in [0.05, 0.1) is 10.6 Å². The summed E-state index contributed by atoms with van der Waals surface area (Å²) >= 11 is 5.99. The van der Waals surface area contributed by atoms with Crippen molar-refractivity contribution in [2.24, 2.45) is 0 Å². The van der Waals surface area contributed by atoms with E-state index in [0.29, 0.717) is 5.56 Å². The Labute approximate surface area is 179 Å². The SMILES string of the molecule is CCc1cccc2c(C(=O)COC(=O)c3ccc(Cl)c(S(=O)(=O)N(C)C)c3)c[nH]c12. The fourth-order valence-electron chi connectivity index (χ4n) is 3.06. The number of para-hydroxylation sites is 1. The normalized spacial score (nSPS) is 11.8. The second-order valence-corrected chi connectivity index (χ2v) is 9.35. The van der Waals surface area contributed by atoms with Crippen molar-refractivity contribution in [3.63, 3.8) is 0 Å². The number of H-pyrrole nitrogens is 1. The first-order valence-corrected chi connectivity index (χ1v) is 11.0. The highest BCUT2D eigenvalue weighted by Gasteiger charge is 2.23. The first-order valence-electron chi connectivity index (χ1n) is 9.18. The Kier molecular flexibility index (Phi) is 6.30. The van der Waals surface area contributed by atoms with E-state index in [1.807, 2.05) is 25.1 Å². The van der Waals surface area contributed by atoms with Crippen LogP contribution < -0.4 is 0 Å². The summed E-state index contributed by atoms with van der Waals surface area (Å²) in [6, 6.07) is 9.48. The number of fused-ring (bicyclic) bond motifs is 1. The molecule has 7 nitrogen and oxygen atoms in total. The maximum Gasteiger partial charge on any atom is 0.338 e. The molecule has 9 heteroatoms. The van der Waals surface area contributed by atoms with Crippen LogP contribution in [0.2, 0.25) is 5.02 Å². The minimum Gasteiger partial charge on any atom is -0.454 e. The van der Waals surface area contributed by atoms with Crippen molar-refractivity contribution < 1.29 is 22.7 Å². The number of nitrogens with one attached hydrogen (secondary N) is 1. The molecule has 0 fully saturated rings. The summed E-state index contributed by atoms with van der Waals surface area (Å²) in [4.78, 5) is 27.9. The predicted molar refractivity (Wildman–Crippen MR) is 115 cm³/mol. The number of sulfonamides is 1. The number of aromatic nitrogens is 1. The second-order valence-electron chi connectivity index (χ2n) is 6.83. The van der Waals surface area contributed by atoms with Gasteiger partial charge >= 0.3 is 5.97 Å². The number of rotatable bonds is 7. The lowest BCUT2D eigenvalue weighted by Gasteiger charge is -2.13. The smallest absolute Gasteiger partial charge is 0.338 e. The highest BCUT2D eigenvalue weighted by atomic mass is 35.5. The molecule has 158 valence electrons. The molecule has 0 amide bonds. The van der Waals surface area contributed by atoms with Crippen molar-refractivity contribution in [3.8, 4) is 0 Å². The van der Waals surface area contributed by atoms with Crippen molar-refractivity contribution >= 4 is 44.3 Å². The van der Waals surface area contributed by atoms with Crippen molar-refractivity contribution in [1.82, 2.24) is 9.29 Å². The molecule has 0 saturated carbocycles. The summed E-state index contributed by atoms with van der Waals surface area (Å²) in [6.45, 7) is 1.55. The summed E-state index contributed by atoms with van der Waals surface area (Å²) in [7, 11) is -1.12. The van der Waals surface area contributed by atoms with Crippen molar-refractivity contribution in [2.45, 2.75) is 18.2 Å². The van der Waals surface area contributed by atoms with Crippen molar-refractivity contribution in [2.75, 3.05) is 20.7 Å². The minimum absolute atomic E-state index is 0.0122. The number of halogens is 1. The lowest BCUT2D eigenvalue weighted by atomic mass is 10.1. The van der Waals surface area contributed by atoms with Crippen LogP contribution >= 0.6 is 11.6 Å². The van der Waals surface area contributed by atoms with Gasteiger partial charge in [-0.05, 0) is 30.2 Å². The zero-order chi connectivity index (χ0) is 22.1. The fraction of sp³-hybridized carbons (Fsp3) is 0.238. The third-order valence-corrected chi connectivity index (χ3v) is 7.04. The number of carbonyl (C=O) groups excluding carboxylic acids is 2. The molecule has 0 bridgehead atoms. The molecule has 0 saturated heterocycles. The van der Waals surface area contributed by atoms with Crippen LogP contribution in [0.5, 0.6) is 0 Å². The molecular formula is C21H21ClN2O5S. The summed E-state index contributed by atoms with van der Waals surface area (Å²) in [6.07, 6.45) is 2.42. The number of Topliss-reactive ketones (excluding diaryl/α,β-unsaturated/α-hetero) is 1. The lowest BCUT2D eigenvalue weighted by molar-refractivity contribution is 0.0475. The van der Waals surface area contributed by atoms with Crippen LogP contribution in [-0.2, 0) is 21.2 Å². The molecule has 0 aliphatic rings. The van der Waals surface area contributed by atoms with Gasteiger partial charge in [-0.25, -0.2) is 17.5 Å². The van der Waals surface area contributed by atoms with Gasteiger partial charge in [0.25, 0.3) is 0 Å². The van der Waals surface area contributed by atoms with Gasteiger partial charge in [-0.15, -0.1) is 0 Å². The van der Waals surface area contributed by atoms with Gasteiger partial charge in [-0.2, -0.15) is 0 Å². The number of hydrogen-bond acceptors (Lipinski definition) is 5. The Balaban J connectivity index is 1.79. The van der Waals surface area contributed by atoms with Gasteiger partial charge in [-0.3, -0.25) is 4.79 Å². The molecule has 1 N–H and O–H groups in total. The highest BCUT2D eigenvalue weighted by Crippen LogP contribution is 2.26. The predicted octanol–water partition coefficient (Wildman–Crippen LogP) is 3.67. The molecule has 30 heavy (non-hydrogen) atoms. The van der Waals surface area contributed by atoms with Gasteiger partial charge in [0.1, 0.15) is 4.90 Å². The quantitative estimate of drug-likeness (QED) is 0.439. The molecule has 0 spiro atoms. The Morgan fingerprint density at radius 2 is 1.90 bits per heavy atom. The molecule has 0 atom stereocenters. The first kappa shape index (κ1) is 22.0. The molecule has 3 rings (SSSR count). The van der Waals surface area contributed by atoms with Crippen molar-refractivity contribution in [3.05, 3.63) is 64.3 Å². The molecule has 1 heterocycles. The molecule has 0 aliphatic carbocycles. The van der Waals surface area contributed by atoms with E-state index in [1.165, 1.54) is 26.2 Å². The van der Waals surface area contributed by atoms with E-state index in [9.17, 15) is 18.0 Å². The average Bonchev–Trinajstić information content (AvgIpc) is 3.16. The van der Waals surface area contributed by atoms with E-state index in [2.05, 4.69) is 4.98 Å². The third kappa shape index (κ3) is 4.12. The Hall–Kier alpha value is -2.68. The first-order chi connectivity index (χ1) is 14.2. The monoisotopic (exact) mass is 448 g/mol. The largest absolute Gasteiger partial charge is 0.454 e. The summed E-state index contributed by atoms with van der Waals surface area (Å²) in [5.74, 6) is -1.18. The number of esters is 1. The van der Waals surface area contributed by atoms with Crippen LogP contribution in [0, 0.1) is 0 Å². The fourth-order valence-corrected chi connectivity index (χ4v) is 4.45. The van der Waals surface area contributed by atoms with E-state index < -0.39 is 22.6 Å². The van der Waals surface area contributed by atoms with Crippen LogP contribution in [-0.4, -0.2) is 50.2 Å². The number of carbonyl (C=O) groups is 2. The van der Waals surface area contributed by atoms with Gasteiger partial charge in [0.2, 0.25) is 15.8 Å². The number of benzene rings is 2. The number of hydrogen-bond donors (Lipinski definition) is 1. The molecule has 3 aromatic rings. The van der Waals surface area contributed by atoms with E-state index in [0.717, 1.165) is 33.3 Å². The lowest BCUT2D eigenvalue weighted by Crippen LogP contribution is -2.23. The molecule has 2 aromatic carbocycles. The molecule has 0 radical (unpaired) electrons. The summed E-state index contributed by atoms with van der Waals surface area (Å²) in [5.41, 5.74) is 2.38. The van der Waals surface area contributed by atoms with E-state index in [4.69, 9.17) is 16.3 Å². The Bertz CT molecular complexity index is 1230. The number of ether oxygens (including phenoxy) is 1. The zero-order valence-electron chi connectivity index (χ0n) is 16.7. The highest BCUT2D eigenvalue weighted by molar-refractivity contribution is 7.89. The van der Waals surface area contributed by atoms with E-state index >= 15 is 0 Å². The van der Waals surface area contributed by atoms with Gasteiger partial charge in [0.15, 0.2) is 6.61 Å². The number of aromatic amines is 1. The van der Waals surface area contributed by atoms with Crippen LogP contribution in [0.4, 0.5) is 0 Å². The maximum absolute atomic E-state index is 12.6. The Morgan fingerprint density at radius 1 is 1.17 bits per heavy atom. The topological polar surface area (TPSA) is 96.5 Å².